The number of carbonyl (C=O) groups excluding carboxylic acids is 1. The van der Waals surface area contributed by atoms with Crippen molar-refractivity contribution in [2.24, 2.45) is 0 Å². The first-order valence-corrected chi connectivity index (χ1v) is 8.57. The van der Waals surface area contributed by atoms with Gasteiger partial charge in [-0.15, -0.1) is 0 Å². The number of amides is 1. The van der Waals surface area contributed by atoms with Crippen LogP contribution in [0, 0.1) is 0 Å². The maximum Gasteiger partial charge on any atom is 0.259 e. The molecular weight excluding hydrogens is 334 g/mol. The number of para-hydroxylation sites is 1. The van der Waals surface area contributed by atoms with Crippen molar-refractivity contribution in [1.29, 1.82) is 0 Å². The standard InChI is InChI=1S/C20H25NO5/c1-3-24-12-14-26-19-10-5-4-9-18(19)20(22)21-16-7-6-8-17(15-16)25-13-11-23-2/h4-10,15H,3,11-14H2,1-2H3,(H,21,22). The number of carbonyl (C=O) groups is 1. The Balaban J connectivity index is 2.00. The van der Waals surface area contributed by atoms with Crippen LogP contribution in [-0.4, -0.2) is 46.1 Å². The van der Waals surface area contributed by atoms with Crippen molar-refractivity contribution >= 4 is 11.6 Å². The Labute approximate surface area is 154 Å². The second-order valence-electron chi connectivity index (χ2n) is 5.36. The van der Waals surface area contributed by atoms with Crippen molar-refractivity contribution < 1.29 is 23.7 Å². The monoisotopic (exact) mass is 359 g/mol. The van der Waals surface area contributed by atoms with Gasteiger partial charge in [-0.25, -0.2) is 0 Å². The Morgan fingerprint density at radius 3 is 2.58 bits per heavy atom. The first kappa shape index (κ1) is 19.8. The summed E-state index contributed by atoms with van der Waals surface area (Å²) in [4.78, 5) is 12.6. The predicted molar refractivity (Wildman–Crippen MR) is 100 cm³/mol. The maximum absolute atomic E-state index is 12.6. The van der Waals surface area contributed by atoms with Gasteiger partial charge < -0.3 is 24.3 Å². The molecule has 6 nitrogen and oxygen atoms in total. The molecule has 0 spiro atoms. The van der Waals surface area contributed by atoms with E-state index in [1.165, 1.54) is 0 Å². The lowest BCUT2D eigenvalue weighted by molar-refractivity contribution is 0.0998. The van der Waals surface area contributed by atoms with Crippen LogP contribution in [0.3, 0.4) is 0 Å². The second kappa shape index (κ2) is 11.1. The van der Waals surface area contributed by atoms with Gasteiger partial charge in [0.1, 0.15) is 24.7 Å². The van der Waals surface area contributed by atoms with Crippen LogP contribution in [0.25, 0.3) is 0 Å². The number of ether oxygens (including phenoxy) is 4. The Morgan fingerprint density at radius 2 is 1.77 bits per heavy atom. The number of benzene rings is 2. The fraction of sp³-hybridized carbons (Fsp3) is 0.350. The highest BCUT2D eigenvalue weighted by Gasteiger charge is 2.12. The molecule has 0 aromatic heterocycles. The summed E-state index contributed by atoms with van der Waals surface area (Å²) < 4.78 is 21.4. The van der Waals surface area contributed by atoms with E-state index in [0.717, 1.165) is 0 Å². The minimum absolute atomic E-state index is 0.244. The maximum atomic E-state index is 12.6. The Bertz CT molecular complexity index is 689. The van der Waals surface area contributed by atoms with E-state index < -0.39 is 0 Å². The summed E-state index contributed by atoms with van der Waals surface area (Å²) in [5.74, 6) is 0.948. The molecule has 0 heterocycles. The molecule has 1 N–H and O–H groups in total. The van der Waals surface area contributed by atoms with E-state index in [1.807, 2.05) is 25.1 Å². The lowest BCUT2D eigenvalue weighted by Crippen LogP contribution is -2.15. The van der Waals surface area contributed by atoms with Gasteiger partial charge in [0.2, 0.25) is 0 Å². The van der Waals surface area contributed by atoms with Crippen LogP contribution in [-0.2, 0) is 9.47 Å². The number of nitrogens with one attached hydrogen (secondary N) is 1. The smallest absolute Gasteiger partial charge is 0.259 e. The van der Waals surface area contributed by atoms with Crippen molar-refractivity contribution in [2.45, 2.75) is 6.92 Å². The summed E-state index contributed by atoms with van der Waals surface area (Å²) in [6, 6.07) is 14.4. The van der Waals surface area contributed by atoms with Crippen molar-refractivity contribution in [2.75, 3.05) is 45.5 Å². The molecular formula is C20H25NO5. The molecule has 0 radical (unpaired) electrons. The van der Waals surface area contributed by atoms with Crippen LogP contribution in [0.5, 0.6) is 11.5 Å². The summed E-state index contributed by atoms with van der Waals surface area (Å²) >= 11 is 0. The molecule has 0 unspecified atom stereocenters. The van der Waals surface area contributed by atoms with E-state index >= 15 is 0 Å². The minimum atomic E-state index is -0.244. The molecule has 0 bridgehead atoms. The molecule has 0 saturated heterocycles. The summed E-state index contributed by atoms with van der Waals surface area (Å²) in [7, 11) is 1.62. The van der Waals surface area contributed by atoms with E-state index in [1.54, 1.807) is 37.4 Å². The highest BCUT2D eigenvalue weighted by atomic mass is 16.5. The molecule has 1 amide bonds. The van der Waals surface area contributed by atoms with Gasteiger partial charge in [0.25, 0.3) is 5.91 Å². The van der Waals surface area contributed by atoms with E-state index in [9.17, 15) is 4.79 Å². The topological polar surface area (TPSA) is 66.0 Å². The van der Waals surface area contributed by atoms with Gasteiger partial charge in [-0.1, -0.05) is 18.2 Å². The molecule has 0 aliphatic heterocycles. The first-order chi connectivity index (χ1) is 12.7. The minimum Gasteiger partial charge on any atom is -0.491 e. The molecule has 0 atom stereocenters. The van der Waals surface area contributed by atoms with E-state index in [0.29, 0.717) is 55.8 Å². The van der Waals surface area contributed by atoms with Crippen LogP contribution in [0.1, 0.15) is 17.3 Å². The van der Waals surface area contributed by atoms with Crippen LogP contribution in [0.2, 0.25) is 0 Å². The van der Waals surface area contributed by atoms with Crippen LogP contribution in [0.4, 0.5) is 5.69 Å². The van der Waals surface area contributed by atoms with Gasteiger partial charge in [-0.3, -0.25) is 4.79 Å². The molecule has 0 aliphatic rings. The van der Waals surface area contributed by atoms with Crippen LogP contribution >= 0.6 is 0 Å². The van der Waals surface area contributed by atoms with E-state index in [4.69, 9.17) is 18.9 Å². The zero-order valence-corrected chi connectivity index (χ0v) is 15.2. The SMILES string of the molecule is CCOCCOc1ccccc1C(=O)Nc1cccc(OCCOC)c1. The third kappa shape index (κ3) is 6.38. The van der Waals surface area contributed by atoms with Crippen molar-refractivity contribution in [3.8, 4) is 11.5 Å². The molecule has 2 aromatic rings. The molecule has 2 aromatic carbocycles. The normalized spacial score (nSPS) is 10.4. The predicted octanol–water partition coefficient (Wildman–Crippen LogP) is 3.38. The molecule has 0 aliphatic carbocycles. The summed E-state index contributed by atoms with van der Waals surface area (Å²) in [6.45, 7) is 4.38. The molecule has 2 rings (SSSR count). The molecule has 26 heavy (non-hydrogen) atoms. The number of anilines is 1. The fourth-order valence-electron chi connectivity index (χ4n) is 2.24. The van der Waals surface area contributed by atoms with Crippen molar-refractivity contribution in [3.05, 3.63) is 54.1 Å². The molecule has 140 valence electrons. The van der Waals surface area contributed by atoms with Crippen LogP contribution in [0.15, 0.2) is 48.5 Å². The zero-order chi connectivity index (χ0) is 18.6. The lowest BCUT2D eigenvalue weighted by Gasteiger charge is -2.12. The summed E-state index contributed by atoms with van der Waals surface area (Å²) in [6.07, 6.45) is 0. The summed E-state index contributed by atoms with van der Waals surface area (Å²) in [5, 5.41) is 2.87. The lowest BCUT2D eigenvalue weighted by atomic mass is 10.2. The average molecular weight is 359 g/mol. The first-order valence-electron chi connectivity index (χ1n) is 8.57. The van der Waals surface area contributed by atoms with Gasteiger partial charge in [-0.05, 0) is 31.2 Å². The number of rotatable bonds is 11. The number of hydrogen-bond donors (Lipinski definition) is 1. The van der Waals surface area contributed by atoms with Gasteiger partial charge >= 0.3 is 0 Å². The second-order valence-corrected chi connectivity index (χ2v) is 5.36. The Kier molecular flexibility index (Phi) is 8.45. The Hall–Kier alpha value is -2.57. The van der Waals surface area contributed by atoms with Crippen molar-refractivity contribution in [3.63, 3.8) is 0 Å². The third-order valence-electron chi connectivity index (χ3n) is 3.47. The number of methoxy groups -OCH3 is 1. The third-order valence-corrected chi connectivity index (χ3v) is 3.47. The van der Waals surface area contributed by atoms with E-state index in [-0.39, 0.29) is 5.91 Å². The molecule has 0 saturated carbocycles. The molecule has 6 heteroatoms. The fourth-order valence-corrected chi connectivity index (χ4v) is 2.24. The highest BCUT2D eigenvalue weighted by Crippen LogP contribution is 2.22. The molecule has 0 fully saturated rings. The largest absolute Gasteiger partial charge is 0.491 e. The zero-order valence-electron chi connectivity index (χ0n) is 15.2. The summed E-state index contributed by atoms with van der Waals surface area (Å²) in [5.41, 5.74) is 1.11. The average Bonchev–Trinajstić information content (AvgIpc) is 2.66. The number of hydrogen-bond acceptors (Lipinski definition) is 5. The van der Waals surface area contributed by atoms with Gasteiger partial charge in [0.05, 0.1) is 18.8 Å². The van der Waals surface area contributed by atoms with Gasteiger partial charge in [0, 0.05) is 25.5 Å². The van der Waals surface area contributed by atoms with Gasteiger partial charge in [0.15, 0.2) is 0 Å². The van der Waals surface area contributed by atoms with Gasteiger partial charge in [-0.2, -0.15) is 0 Å². The van der Waals surface area contributed by atoms with Crippen LogP contribution < -0.4 is 14.8 Å². The quantitative estimate of drug-likeness (QED) is 0.623. The Morgan fingerprint density at radius 1 is 0.962 bits per heavy atom. The van der Waals surface area contributed by atoms with Crippen molar-refractivity contribution in [1.82, 2.24) is 0 Å². The van der Waals surface area contributed by atoms with E-state index in [2.05, 4.69) is 5.32 Å². The highest BCUT2D eigenvalue weighted by molar-refractivity contribution is 6.06.